The van der Waals surface area contributed by atoms with Crippen molar-refractivity contribution in [3.05, 3.63) is 52.8 Å². The lowest BCUT2D eigenvalue weighted by Crippen LogP contribution is -2.38. The number of aromatic nitrogens is 2. The first-order valence-corrected chi connectivity index (χ1v) is 10.9. The maximum atomic E-state index is 4.82. The van der Waals surface area contributed by atoms with E-state index in [2.05, 4.69) is 83.3 Å². The molecule has 0 unspecified atom stereocenters. The Bertz CT molecular complexity index is 760. The van der Waals surface area contributed by atoms with Gasteiger partial charge in [-0.05, 0) is 57.5 Å². The largest absolute Gasteiger partial charge is 0.357 e. The lowest BCUT2D eigenvalue weighted by atomic mass is 10.1. The quantitative estimate of drug-likeness (QED) is 0.346. The van der Waals surface area contributed by atoms with Gasteiger partial charge < -0.3 is 10.6 Å². The number of aliphatic imine (C=N–C) groups is 1. The van der Waals surface area contributed by atoms with Crippen LogP contribution in [0, 0.1) is 13.8 Å². The van der Waals surface area contributed by atoms with Gasteiger partial charge in [-0.3, -0.25) is 9.58 Å². The zero-order chi connectivity index (χ0) is 21.1. The van der Waals surface area contributed by atoms with E-state index in [1.807, 2.05) is 6.92 Å². The van der Waals surface area contributed by atoms with Gasteiger partial charge >= 0.3 is 0 Å². The maximum Gasteiger partial charge on any atom is 0.191 e. The van der Waals surface area contributed by atoms with Crippen molar-refractivity contribution in [2.45, 2.75) is 60.7 Å². The van der Waals surface area contributed by atoms with E-state index in [0.29, 0.717) is 6.54 Å². The fourth-order valence-electron chi connectivity index (χ4n) is 3.40. The molecule has 2 N–H and O–H groups in total. The van der Waals surface area contributed by atoms with Crippen molar-refractivity contribution in [3.8, 4) is 0 Å². The van der Waals surface area contributed by atoms with Crippen LogP contribution in [-0.2, 0) is 19.6 Å². The topological polar surface area (TPSA) is 57.5 Å². The van der Waals surface area contributed by atoms with Crippen LogP contribution >= 0.6 is 0 Å². The first-order chi connectivity index (χ1) is 14.1. The van der Waals surface area contributed by atoms with Gasteiger partial charge in [-0.15, -0.1) is 0 Å². The summed E-state index contributed by atoms with van der Waals surface area (Å²) in [5.74, 6) is 0.874. The van der Waals surface area contributed by atoms with Crippen LogP contribution in [-0.4, -0.2) is 46.8 Å². The normalized spacial score (nSPS) is 11.9. The Kier molecular flexibility index (Phi) is 9.71. The molecule has 0 saturated carbocycles. The summed E-state index contributed by atoms with van der Waals surface area (Å²) in [5, 5.41) is 11.3. The number of nitrogens with one attached hydrogen (secondary N) is 2. The average molecular weight is 399 g/mol. The van der Waals surface area contributed by atoms with Gasteiger partial charge in [0.25, 0.3) is 0 Å². The molecule has 1 aromatic carbocycles. The fraction of sp³-hybridized carbons (Fsp3) is 0.565. The number of nitrogens with zero attached hydrogens (tertiary/aromatic N) is 4. The number of hydrogen-bond donors (Lipinski definition) is 2. The van der Waals surface area contributed by atoms with Crippen molar-refractivity contribution in [2.24, 2.45) is 4.99 Å². The number of guanidine groups is 1. The van der Waals surface area contributed by atoms with E-state index in [-0.39, 0.29) is 0 Å². The van der Waals surface area contributed by atoms with E-state index >= 15 is 0 Å². The SMILES string of the molecule is CCNC(=NCc1ccccc1CN(CC)CC)NCCCn1nc(C)cc1C. The van der Waals surface area contributed by atoms with Crippen LogP contribution in [0.3, 0.4) is 0 Å². The molecule has 0 bridgehead atoms. The Hall–Kier alpha value is -2.34. The van der Waals surface area contributed by atoms with E-state index < -0.39 is 0 Å². The van der Waals surface area contributed by atoms with Gasteiger partial charge in [0.05, 0.1) is 12.2 Å². The van der Waals surface area contributed by atoms with Crippen molar-refractivity contribution in [1.82, 2.24) is 25.3 Å². The molecule has 0 radical (unpaired) electrons. The van der Waals surface area contributed by atoms with Crippen molar-refractivity contribution in [1.29, 1.82) is 0 Å². The average Bonchev–Trinajstić information content (AvgIpc) is 3.05. The second kappa shape index (κ2) is 12.3. The summed E-state index contributed by atoms with van der Waals surface area (Å²) in [4.78, 5) is 7.26. The van der Waals surface area contributed by atoms with E-state index in [1.165, 1.54) is 16.8 Å². The Morgan fingerprint density at radius 3 is 2.41 bits per heavy atom. The summed E-state index contributed by atoms with van der Waals surface area (Å²) >= 11 is 0. The van der Waals surface area contributed by atoms with Gasteiger partial charge in [-0.2, -0.15) is 5.10 Å². The van der Waals surface area contributed by atoms with Crippen LogP contribution in [0.25, 0.3) is 0 Å². The smallest absolute Gasteiger partial charge is 0.191 e. The van der Waals surface area contributed by atoms with E-state index in [4.69, 9.17) is 4.99 Å². The molecule has 0 amide bonds. The lowest BCUT2D eigenvalue weighted by Gasteiger charge is -2.20. The van der Waals surface area contributed by atoms with Crippen LogP contribution in [0.5, 0.6) is 0 Å². The minimum Gasteiger partial charge on any atom is -0.357 e. The Morgan fingerprint density at radius 2 is 1.79 bits per heavy atom. The maximum absolute atomic E-state index is 4.82. The second-order valence-electron chi connectivity index (χ2n) is 7.36. The number of aryl methyl sites for hydroxylation is 3. The van der Waals surface area contributed by atoms with Crippen molar-refractivity contribution >= 4 is 5.96 Å². The van der Waals surface area contributed by atoms with Crippen LogP contribution in [0.1, 0.15) is 49.7 Å². The monoisotopic (exact) mass is 398 g/mol. The molecular weight excluding hydrogens is 360 g/mol. The Morgan fingerprint density at radius 1 is 1.07 bits per heavy atom. The van der Waals surface area contributed by atoms with Gasteiger partial charge in [0, 0.05) is 31.9 Å². The Balaban J connectivity index is 1.92. The molecule has 2 aromatic rings. The van der Waals surface area contributed by atoms with E-state index in [9.17, 15) is 0 Å². The van der Waals surface area contributed by atoms with E-state index in [0.717, 1.165) is 57.3 Å². The van der Waals surface area contributed by atoms with Gasteiger partial charge in [0.2, 0.25) is 0 Å². The molecule has 0 aliphatic carbocycles. The summed E-state index contributed by atoms with van der Waals surface area (Å²) in [6.45, 7) is 17.1. The number of rotatable bonds is 11. The summed E-state index contributed by atoms with van der Waals surface area (Å²) < 4.78 is 2.07. The second-order valence-corrected chi connectivity index (χ2v) is 7.36. The standard InChI is InChI=1S/C23H38N6/c1-6-24-23(25-14-11-15-29-20(5)16-19(4)27-29)26-17-21-12-9-10-13-22(21)18-28(7-2)8-3/h9-10,12-13,16H,6-8,11,14-15,17-18H2,1-5H3,(H2,24,25,26). The third kappa shape index (κ3) is 7.54. The highest BCUT2D eigenvalue weighted by atomic mass is 15.3. The molecule has 160 valence electrons. The minimum absolute atomic E-state index is 0.685. The predicted molar refractivity (Wildman–Crippen MR) is 122 cm³/mol. The zero-order valence-electron chi connectivity index (χ0n) is 18.8. The summed E-state index contributed by atoms with van der Waals surface area (Å²) in [6, 6.07) is 10.8. The molecule has 0 aliphatic rings. The molecule has 0 atom stereocenters. The fourth-order valence-corrected chi connectivity index (χ4v) is 3.40. The van der Waals surface area contributed by atoms with E-state index in [1.54, 1.807) is 0 Å². The molecule has 2 rings (SSSR count). The summed E-state index contributed by atoms with van der Waals surface area (Å²) in [6.07, 6.45) is 1.00. The molecular formula is C23H38N6. The molecule has 6 nitrogen and oxygen atoms in total. The molecule has 1 heterocycles. The van der Waals surface area contributed by atoms with Crippen molar-refractivity contribution in [2.75, 3.05) is 26.2 Å². The van der Waals surface area contributed by atoms with Gasteiger partial charge in [0.1, 0.15) is 0 Å². The molecule has 0 spiro atoms. The molecule has 6 heteroatoms. The Labute approximate surface area is 176 Å². The molecule has 0 saturated heterocycles. The third-order valence-corrected chi connectivity index (χ3v) is 5.10. The summed E-state index contributed by atoms with van der Waals surface area (Å²) in [5.41, 5.74) is 4.95. The van der Waals surface area contributed by atoms with Crippen LogP contribution in [0.4, 0.5) is 0 Å². The van der Waals surface area contributed by atoms with Crippen LogP contribution in [0.2, 0.25) is 0 Å². The molecule has 0 aliphatic heterocycles. The van der Waals surface area contributed by atoms with Crippen molar-refractivity contribution in [3.63, 3.8) is 0 Å². The summed E-state index contributed by atoms with van der Waals surface area (Å²) in [7, 11) is 0. The van der Waals surface area contributed by atoms with Crippen LogP contribution in [0.15, 0.2) is 35.3 Å². The van der Waals surface area contributed by atoms with Gasteiger partial charge in [0.15, 0.2) is 5.96 Å². The molecule has 1 aromatic heterocycles. The number of benzene rings is 1. The minimum atomic E-state index is 0.685. The van der Waals surface area contributed by atoms with Crippen LogP contribution < -0.4 is 10.6 Å². The van der Waals surface area contributed by atoms with Gasteiger partial charge in [-0.1, -0.05) is 38.1 Å². The highest BCUT2D eigenvalue weighted by Gasteiger charge is 2.07. The van der Waals surface area contributed by atoms with Crippen molar-refractivity contribution < 1.29 is 0 Å². The lowest BCUT2D eigenvalue weighted by molar-refractivity contribution is 0.295. The zero-order valence-corrected chi connectivity index (χ0v) is 18.8. The number of hydrogen-bond acceptors (Lipinski definition) is 3. The highest BCUT2D eigenvalue weighted by molar-refractivity contribution is 5.79. The van der Waals surface area contributed by atoms with Gasteiger partial charge in [-0.25, -0.2) is 4.99 Å². The molecule has 0 fully saturated rings. The molecule has 29 heavy (non-hydrogen) atoms. The highest BCUT2D eigenvalue weighted by Crippen LogP contribution is 2.13. The third-order valence-electron chi connectivity index (χ3n) is 5.10. The first kappa shape index (κ1) is 22.9. The first-order valence-electron chi connectivity index (χ1n) is 10.9. The predicted octanol–water partition coefficient (Wildman–Crippen LogP) is 3.49.